The van der Waals surface area contributed by atoms with Crippen LogP contribution in [0.4, 0.5) is 5.69 Å². The highest BCUT2D eigenvalue weighted by molar-refractivity contribution is 7.80. The predicted octanol–water partition coefficient (Wildman–Crippen LogP) is 2.61. The van der Waals surface area contributed by atoms with Crippen molar-refractivity contribution in [2.75, 3.05) is 4.90 Å². The van der Waals surface area contributed by atoms with Gasteiger partial charge in [-0.25, -0.2) is 0 Å². The Morgan fingerprint density at radius 3 is 2.67 bits per heavy atom. The van der Waals surface area contributed by atoms with Crippen molar-refractivity contribution in [1.82, 2.24) is 9.88 Å². The van der Waals surface area contributed by atoms with Gasteiger partial charge in [-0.15, -0.1) is 0 Å². The van der Waals surface area contributed by atoms with E-state index in [0.29, 0.717) is 16.3 Å². The van der Waals surface area contributed by atoms with Gasteiger partial charge in [0.05, 0.1) is 5.69 Å². The molecule has 0 bridgehead atoms. The van der Waals surface area contributed by atoms with Gasteiger partial charge < -0.3 is 10.3 Å². The molecule has 1 fully saturated rings. The highest BCUT2D eigenvalue weighted by atomic mass is 35.5. The van der Waals surface area contributed by atoms with Crippen molar-refractivity contribution in [2.45, 2.75) is 6.54 Å². The lowest BCUT2D eigenvalue weighted by molar-refractivity contribution is -0.122. The van der Waals surface area contributed by atoms with E-state index in [0.717, 1.165) is 10.9 Å². The van der Waals surface area contributed by atoms with Crippen molar-refractivity contribution in [1.29, 1.82) is 0 Å². The first-order valence-corrected chi connectivity index (χ1v) is 9.67. The van der Waals surface area contributed by atoms with E-state index in [1.54, 1.807) is 35.0 Å². The van der Waals surface area contributed by atoms with E-state index >= 15 is 0 Å². The van der Waals surface area contributed by atoms with Crippen LogP contribution in [0.3, 0.4) is 0 Å². The van der Waals surface area contributed by atoms with Crippen LogP contribution in [0.15, 0.2) is 60.3 Å². The number of para-hydroxylation sites is 1. The normalized spacial score (nSPS) is 15.7. The van der Waals surface area contributed by atoms with Gasteiger partial charge in [0.1, 0.15) is 12.1 Å². The molecule has 7 nitrogen and oxygen atoms in total. The molecule has 0 saturated carbocycles. The van der Waals surface area contributed by atoms with Gasteiger partial charge in [0.2, 0.25) is 5.91 Å². The maximum absolute atomic E-state index is 13.2. The molecule has 0 atom stereocenters. The van der Waals surface area contributed by atoms with Crippen LogP contribution < -0.4 is 16.0 Å². The summed E-state index contributed by atoms with van der Waals surface area (Å²) in [5, 5.41) is 3.72. The zero-order valence-electron chi connectivity index (χ0n) is 15.5. The summed E-state index contributed by atoms with van der Waals surface area (Å²) in [6.07, 6.45) is 3.16. The number of halogens is 1. The Morgan fingerprint density at radius 2 is 1.93 bits per heavy atom. The average Bonchev–Trinajstić information content (AvgIpc) is 3.02. The monoisotopic (exact) mass is 438 g/mol. The third kappa shape index (κ3) is 3.58. The first-order valence-electron chi connectivity index (χ1n) is 8.88. The average molecular weight is 439 g/mol. The summed E-state index contributed by atoms with van der Waals surface area (Å²) in [6, 6.07) is 13.9. The smallest absolute Gasteiger partial charge is 0.270 e. The van der Waals surface area contributed by atoms with Gasteiger partial charge in [-0.1, -0.05) is 35.9 Å². The standard InChI is InChI=1S/C21H15ClN4O3S/c22-13-4-3-5-14(9-13)26-20(29)16(19(28)24-21(26)30)8-12-10-25(11-18(23)27)17-7-2-1-6-15(12)17/h1-10H,11H2,(H2,23,27)(H,24,28,30). The highest BCUT2D eigenvalue weighted by Crippen LogP contribution is 2.27. The van der Waals surface area contributed by atoms with Crippen LogP contribution in [0, 0.1) is 0 Å². The SMILES string of the molecule is NC(=O)Cn1cc(C=C2C(=O)NC(=S)N(c3cccc(Cl)c3)C2=O)c2ccccc21. The fourth-order valence-electron chi connectivity index (χ4n) is 3.35. The van der Waals surface area contributed by atoms with Crippen LogP contribution >= 0.6 is 23.8 Å². The number of nitrogens with two attached hydrogens (primary N) is 1. The third-order valence-corrected chi connectivity index (χ3v) is 5.13. The molecule has 2 heterocycles. The number of hydrogen-bond donors (Lipinski definition) is 2. The highest BCUT2D eigenvalue weighted by Gasteiger charge is 2.34. The van der Waals surface area contributed by atoms with Crippen molar-refractivity contribution in [2.24, 2.45) is 5.73 Å². The first-order chi connectivity index (χ1) is 14.3. The molecular formula is C21H15ClN4O3S. The molecule has 0 radical (unpaired) electrons. The summed E-state index contributed by atoms with van der Waals surface area (Å²) >= 11 is 11.2. The fourth-order valence-corrected chi connectivity index (χ4v) is 3.82. The molecule has 150 valence electrons. The van der Waals surface area contributed by atoms with Crippen LogP contribution in [-0.2, 0) is 20.9 Å². The van der Waals surface area contributed by atoms with Crippen molar-refractivity contribution >= 4 is 69.3 Å². The number of carbonyl (C=O) groups excluding carboxylic acids is 3. The van der Waals surface area contributed by atoms with Gasteiger partial charge in [0, 0.05) is 27.7 Å². The molecule has 1 saturated heterocycles. The first kappa shape index (κ1) is 19.8. The Kier molecular flexibility index (Phi) is 5.11. The topological polar surface area (TPSA) is 97.4 Å². The van der Waals surface area contributed by atoms with Crippen LogP contribution in [0.5, 0.6) is 0 Å². The Bertz CT molecular complexity index is 1260. The molecule has 1 aromatic heterocycles. The van der Waals surface area contributed by atoms with E-state index in [4.69, 9.17) is 29.6 Å². The van der Waals surface area contributed by atoms with Crippen molar-refractivity contribution in [3.8, 4) is 0 Å². The lowest BCUT2D eigenvalue weighted by Gasteiger charge is -2.29. The largest absolute Gasteiger partial charge is 0.368 e. The maximum atomic E-state index is 13.2. The second kappa shape index (κ2) is 7.74. The minimum absolute atomic E-state index is 0.0252. The number of amides is 3. The number of rotatable bonds is 4. The predicted molar refractivity (Wildman–Crippen MR) is 119 cm³/mol. The minimum Gasteiger partial charge on any atom is -0.368 e. The molecule has 2 aromatic carbocycles. The summed E-state index contributed by atoms with van der Waals surface area (Å²) in [5.74, 6) is -1.67. The Labute approximate surface area is 181 Å². The van der Waals surface area contributed by atoms with Crippen LogP contribution in [0.1, 0.15) is 5.56 Å². The van der Waals surface area contributed by atoms with Crippen LogP contribution in [-0.4, -0.2) is 27.4 Å². The van der Waals surface area contributed by atoms with Crippen LogP contribution in [0.25, 0.3) is 17.0 Å². The third-order valence-electron chi connectivity index (χ3n) is 4.61. The summed E-state index contributed by atoms with van der Waals surface area (Å²) < 4.78 is 1.68. The number of fused-ring (bicyclic) bond motifs is 1. The van der Waals surface area contributed by atoms with Crippen molar-refractivity contribution < 1.29 is 14.4 Å². The number of hydrogen-bond acceptors (Lipinski definition) is 4. The van der Waals surface area contributed by atoms with E-state index in [2.05, 4.69) is 5.32 Å². The minimum atomic E-state index is -0.602. The van der Waals surface area contributed by atoms with E-state index in [9.17, 15) is 14.4 Å². The molecule has 1 aliphatic heterocycles. The fraction of sp³-hybridized carbons (Fsp3) is 0.0476. The molecule has 4 rings (SSSR count). The maximum Gasteiger partial charge on any atom is 0.270 e. The Balaban J connectivity index is 1.81. The number of aromatic nitrogens is 1. The number of nitrogens with one attached hydrogen (secondary N) is 1. The lowest BCUT2D eigenvalue weighted by atomic mass is 10.1. The zero-order valence-corrected chi connectivity index (χ0v) is 17.0. The summed E-state index contributed by atoms with van der Waals surface area (Å²) in [6.45, 7) is -0.0252. The molecule has 9 heteroatoms. The van der Waals surface area contributed by atoms with Gasteiger partial charge in [0.25, 0.3) is 11.8 Å². The molecular weight excluding hydrogens is 424 g/mol. The number of carbonyl (C=O) groups is 3. The second-order valence-corrected chi connectivity index (χ2v) is 7.46. The summed E-state index contributed by atoms with van der Waals surface area (Å²) in [7, 11) is 0. The molecule has 3 aromatic rings. The Morgan fingerprint density at radius 1 is 1.17 bits per heavy atom. The Hall–Kier alpha value is -3.49. The quantitative estimate of drug-likeness (QED) is 0.371. The number of thiocarbonyl (C=S) groups is 1. The zero-order chi connectivity index (χ0) is 21.4. The summed E-state index contributed by atoms with van der Waals surface area (Å²) in [5.41, 5.74) is 7.05. The molecule has 0 aliphatic carbocycles. The number of nitrogens with zero attached hydrogens (tertiary/aromatic N) is 2. The molecule has 1 aliphatic rings. The van der Waals surface area contributed by atoms with Gasteiger partial charge in [0.15, 0.2) is 5.11 Å². The van der Waals surface area contributed by atoms with Gasteiger partial charge in [-0.2, -0.15) is 0 Å². The van der Waals surface area contributed by atoms with E-state index in [-0.39, 0.29) is 17.2 Å². The van der Waals surface area contributed by atoms with Gasteiger partial charge in [-0.3, -0.25) is 24.6 Å². The number of primary amides is 1. The molecule has 3 amide bonds. The van der Waals surface area contributed by atoms with Crippen LogP contribution in [0.2, 0.25) is 5.02 Å². The molecule has 0 unspecified atom stereocenters. The number of anilines is 1. The van der Waals surface area contributed by atoms with Gasteiger partial charge in [-0.05, 0) is 42.6 Å². The van der Waals surface area contributed by atoms with Crippen molar-refractivity contribution in [3.05, 3.63) is 70.9 Å². The molecule has 0 spiro atoms. The van der Waals surface area contributed by atoms with Crippen molar-refractivity contribution in [3.63, 3.8) is 0 Å². The second-order valence-electron chi connectivity index (χ2n) is 6.63. The van der Waals surface area contributed by atoms with Gasteiger partial charge >= 0.3 is 0 Å². The summed E-state index contributed by atoms with van der Waals surface area (Å²) in [4.78, 5) is 38.4. The lowest BCUT2D eigenvalue weighted by Crippen LogP contribution is -2.54. The number of benzene rings is 2. The molecule has 30 heavy (non-hydrogen) atoms. The van der Waals surface area contributed by atoms with E-state index in [1.807, 2.05) is 24.3 Å². The van der Waals surface area contributed by atoms with E-state index in [1.165, 1.54) is 11.0 Å². The molecule has 3 N–H and O–H groups in total. The van der Waals surface area contributed by atoms with E-state index < -0.39 is 17.7 Å².